The highest BCUT2D eigenvalue weighted by molar-refractivity contribution is 7.95. The zero-order chi connectivity index (χ0) is 20.7. The van der Waals surface area contributed by atoms with E-state index in [1.54, 1.807) is 0 Å². The van der Waals surface area contributed by atoms with Gasteiger partial charge in [-0.05, 0) is 54.1 Å². The normalized spacial score (nSPS) is 11.2. The Kier molecular flexibility index (Phi) is 6.57. The van der Waals surface area contributed by atoms with Crippen LogP contribution in [-0.2, 0) is 6.16 Å². The molecule has 0 atom stereocenters. The Labute approximate surface area is 178 Å². The fourth-order valence-corrected chi connectivity index (χ4v) is 8.12. The third-order valence-electron chi connectivity index (χ3n) is 5.28. The summed E-state index contributed by atoms with van der Waals surface area (Å²) in [6, 6.07) is 40.6. The predicted molar refractivity (Wildman–Crippen MR) is 127 cm³/mol. The lowest BCUT2D eigenvalue weighted by Gasteiger charge is -2.28. The highest BCUT2D eigenvalue weighted by atomic mass is 31.2. The minimum Gasteiger partial charge on any atom is -0.491 e. The summed E-state index contributed by atoms with van der Waals surface area (Å²) < 4.78 is 18.0. The molecule has 0 saturated carbocycles. The van der Waals surface area contributed by atoms with Crippen LogP contribution in [0.25, 0.3) is 0 Å². The molecule has 0 heterocycles. The van der Waals surface area contributed by atoms with Gasteiger partial charge < -0.3 is 4.74 Å². The van der Waals surface area contributed by atoms with Crippen LogP contribution in [-0.4, -0.2) is 13.3 Å². The van der Waals surface area contributed by atoms with E-state index in [-0.39, 0.29) is 6.61 Å². The van der Waals surface area contributed by atoms with E-state index < -0.39 is 13.9 Å². The summed E-state index contributed by atoms with van der Waals surface area (Å²) in [4.78, 5) is 0. The van der Waals surface area contributed by atoms with Gasteiger partial charge in [0, 0.05) is 0 Å². The molecule has 150 valence electrons. The lowest BCUT2D eigenvalue weighted by Crippen LogP contribution is -2.32. The highest BCUT2D eigenvalue weighted by Crippen LogP contribution is 2.58. The first-order valence-electron chi connectivity index (χ1n) is 10.2. The van der Waals surface area contributed by atoms with Crippen molar-refractivity contribution in [1.29, 1.82) is 0 Å². The largest absolute Gasteiger partial charge is 0.491 e. The standard InChI is InChI=1S/C27H25FOP/c28-20-21-29-24-16-18-27(19-17-24)30(25-12-6-2-7-13-25,26-14-8-3-9-15-26)22-23-10-4-1-5-11-23/h1-19H,20-22H2/q+1/i28-1. The Hall–Kier alpha value is -2.96. The van der Waals surface area contributed by atoms with Crippen LogP contribution in [0.5, 0.6) is 5.75 Å². The van der Waals surface area contributed by atoms with Crippen LogP contribution >= 0.6 is 7.26 Å². The minimum absolute atomic E-state index is 0.0843. The zero-order valence-electron chi connectivity index (χ0n) is 16.8. The molecule has 30 heavy (non-hydrogen) atoms. The third kappa shape index (κ3) is 4.30. The quantitative estimate of drug-likeness (QED) is 0.345. The van der Waals surface area contributed by atoms with Crippen LogP contribution in [0.2, 0.25) is 0 Å². The number of ether oxygens (including phenoxy) is 1. The van der Waals surface area contributed by atoms with Gasteiger partial charge in [-0.3, -0.25) is 0 Å². The smallest absolute Gasteiger partial charge is 0.123 e. The van der Waals surface area contributed by atoms with Gasteiger partial charge in [0.05, 0.1) is 6.16 Å². The summed E-state index contributed by atoms with van der Waals surface area (Å²) in [6.45, 7) is -0.401. The summed E-state index contributed by atoms with van der Waals surface area (Å²) in [7, 11) is -1.95. The monoisotopic (exact) mass is 414 g/mol. The molecule has 0 amide bonds. The van der Waals surface area contributed by atoms with Gasteiger partial charge in [0.2, 0.25) is 0 Å². The van der Waals surface area contributed by atoms with Crippen molar-refractivity contribution >= 4 is 23.2 Å². The molecular formula is C27H25FOP+. The van der Waals surface area contributed by atoms with E-state index in [4.69, 9.17) is 4.74 Å². The van der Waals surface area contributed by atoms with Gasteiger partial charge in [-0.25, -0.2) is 4.39 Å². The molecule has 0 aliphatic rings. The molecule has 0 aliphatic carbocycles. The first-order chi connectivity index (χ1) is 14.8. The molecule has 0 radical (unpaired) electrons. The summed E-state index contributed by atoms with van der Waals surface area (Å²) >= 11 is 0. The number of halogens is 1. The molecule has 4 rings (SSSR count). The Bertz CT molecular complexity index is 995. The van der Waals surface area contributed by atoms with Gasteiger partial charge in [-0.15, -0.1) is 0 Å². The number of rotatable bonds is 8. The van der Waals surface area contributed by atoms with E-state index in [0.29, 0.717) is 5.75 Å². The van der Waals surface area contributed by atoms with Crippen molar-refractivity contribution in [2.45, 2.75) is 6.16 Å². The second-order valence-electron chi connectivity index (χ2n) is 7.16. The lowest BCUT2D eigenvalue weighted by molar-refractivity contribution is 0.273. The van der Waals surface area contributed by atoms with Gasteiger partial charge in [-0.1, -0.05) is 66.7 Å². The Morgan fingerprint density at radius 3 is 1.53 bits per heavy atom. The SMILES string of the molecule is [18F]CCOc1ccc([P+](Cc2ccccc2)(c2ccccc2)c2ccccc2)cc1. The van der Waals surface area contributed by atoms with E-state index in [1.807, 2.05) is 12.1 Å². The van der Waals surface area contributed by atoms with Crippen LogP contribution in [0.15, 0.2) is 115 Å². The van der Waals surface area contributed by atoms with Gasteiger partial charge in [0.15, 0.2) is 0 Å². The minimum atomic E-state index is -1.95. The average Bonchev–Trinajstić information content (AvgIpc) is 2.83. The average molecular weight is 414 g/mol. The van der Waals surface area contributed by atoms with Crippen molar-refractivity contribution in [3.63, 3.8) is 0 Å². The number of alkyl halides is 1. The molecule has 0 unspecified atom stereocenters. The van der Waals surface area contributed by atoms with Gasteiger partial charge >= 0.3 is 0 Å². The molecule has 0 saturated heterocycles. The van der Waals surface area contributed by atoms with Crippen molar-refractivity contribution < 1.29 is 9.13 Å². The van der Waals surface area contributed by atoms with Crippen molar-refractivity contribution in [3.05, 3.63) is 121 Å². The summed E-state index contributed by atoms with van der Waals surface area (Å²) in [5.74, 6) is 0.704. The third-order valence-corrected chi connectivity index (χ3v) is 9.66. The topological polar surface area (TPSA) is 9.23 Å². The van der Waals surface area contributed by atoms with E-state index in [9.17, 15) is 4.39 Å². The Morgan fingerprint density at radius 1 is 0.567 bits per heavy atom. The highest BCUT2D eigenvalue weighted by Gasteiger charge is 2.45. The fraction of sp³-hybridized carbons (Fsp3) is 0.111. The van der Waals surface area contributed by atoms with Gasteiger partial charge in [0.1, 0.15) is 42.2 Å². The molecule has 0 bridgehead atoms. The predicted octanol–water partition coefficient (Wildman–Crippen LogP) is 5.53. The Morgan fingerprint density at radius 2 is 1.03 bits per heavy atom. The molecule has 3 heteroatoms. The lowest BCUT2D eigenvalue weighted by atomic mass is 10.2. The van der Waals surface area contributed by atoms with E-state index in [2.05, 4.69) is 103 Å². The summed E-state index contributed by atoms with van der Waals surface area (Å²) in [6.07, 6.45) is 0.937. The summed E-state index contributed by atoms with van der Waals surface area (Å²) in [5, 5.41) is 3.98. The molecule has 4 aromatic rings. The maximum atomic E-state index is 12.5. The first kappa shape index (κ1) is 20.3. The van der Waals surface area contributed by atoms with Crippen LogP contribution in [0.1, 0.15) is 5.56 Å². The van der Waals surface area contributed by atoms with Gasteiger partial charge in [-0.2, -0.15) is 0 Å². The van der Waals surface area contributed by atoms with E-state index in [0.717, 1.165) is 6.16 Å². The second kappa shape index (κ2) is 9.69. The maximum absolute atomic E-state index is 12.5. The van der Waals surface area contributed by atoms with E-state index >= 15 is 0 Å². The van der Waals surface area contributed by atoms with Crippen molar-refractivity contribution in [3.8, 4) is 5.75 Å². The Balaban J connectivity index is 1.90. The van der Waals surface area contributed by atoms with Crippen molar-refractivity contribution in [1.82, 2.24) is 0 Å². The second-order valence-corrected chi connectivity index (χ2v) is 10.6. The molecule has 1 nitrogen and oxygen atoms in total. The van der Waals surface area contributed by atoms with Crippen molar-refractivity contribution in [2.75, 3.05) is 13.3 Å². The number of benzene rings is 4. The molecule has 0 aliphatic heterocycles. The summed E-state index contributed by atoms with van der Waals surface area (Å²) in [5.41, 5.74) is 1.32. The molecule has 0 aromatic heterocycles. The van der Waals surface area contributed by atoms with Crippen LogP contribution in [0.4, 0.5) is 4.39 Å². The van der Waals surface area contributed by atoms with Crippen LogP contribution in [0, 0.1) is 0 Å². The van der Waals surface area contributed by atoms with Crippen LogP contribution in [0.3, 0.4) is 0 Å². The van der Waals surface area contributed by atoms with Gasteiger partial charge in [0.25, 0.3) is 0 Å². The first-order valence-corrected chi connectivity index (χ1v) is 12.1. The molecule has 0 spiro atoms. The van der Waals surface area contributed by atoms with E-state index in [1.165, 1.54) is 21.5 Å². The van der Waals surface area contributed by atoms with Crippen LogP contribution < -0.4 is 20.7 Å². The molecule has 4 aromatic carbocycles. The number of hydrogen-bond donors (Lipinski definition) is 0. The molecule has 0 N–H and O–H groups in total. The molecular weight excluding hydrogens is 389 g/mol. The fourth-order valence-electron chi connectivity index (χ4n) is 3.90. The maximum Gasteiger partial charge on any atom is 0.123 e. The molecule has 0 fully saturated rings. The zero-order valence-corrected chi connectivity index (χ0v) is 17.7. The number of hydrogen-bond acceptors (Lipinski definition) is 1. The van der Waals surface area contributed by atoms with Crippen molar-refractivity contribution in [2.24, 2.45) is 0 Å².